The first kappa shape index (κ1) is 20.3. The number of amides is 3. The minimum Gasteiger partial charge on any atom is -0.305 e. The van der Waals surface area contributed by atoms with Crippen LogP contribution in [0.15, 0.2) is 47.6 Å². The molecule has 12 heteroatoms. The van der Waals surface area contributed by atoms with E-state index in [1.54, 1.807) is 0 Å². The number of alkyl halides is 3. The van der Waals surface area contributed by atoms with Gasteiger partial charge in [-0.15, -0.1) is 0 Å². The summed E-state index contributed by atoms with van der Waals surface area (Å²) in [6.45, 7) is -0.185. The molecule has 1 aromatic heterocycles. The average molecular weight is 443 g/mol. The van der Waals surface area contributed by atoms with Crippen molar-refractivity contribution in [3.63, 3.8) is 0 Å². The van der Waals surface area contributed by atoms with Crippen molar-refractivity contribution >= 4 is 27.5 Å². The topological polar surface area (TPSA) is 87.7 Å². The van der Waals surface area contributed by atoms with Gasteiger partial charge in [-0.2, -0.15) is 13.2 Å². The molecule has 0 N–H and O–H groups in total. The number of pyridine rings is 1. The first-order valence-corrected chi connectivity index (χ1v) is 10.1. The Kier molecular flexibility index (Phi) is 4.38. The SMILES string of the molecule is O=C1N(c2ccc(S(=O)(=O)C(F)(F)F)cc2)C(=O)C2(CC2)N1Cc1ccncc1F. The van der Waals surface area contributed by atoms with Gasteiger partial charge in [0.2, 0.25) is 0 Å². The molecule has 0 radical (unpaired) electrons. The summed E-state index contributed by atoms with van der Waals surface area (Å²) < 4.78 is 75.0. The van der Waals surface area contributed by atoms with Crippen molar-refractivity contribution in [1.29, 1.82) is 0 Å². The van der Waals surface area contributed by atoms with E-state index >= 15 is 0 Å². The molecule has 1 saturated carbocycles. The number of carbonyl (C=O) groups is 2. The van der Waals surface area contributed by atoms with Crippen LogP contribution in [0.2, 0.25) is 0 Å². The average Bonchev–Trinajstić information content (AvgIpc) is 3.45. The van der Waals surface area contributed by atoms with Gasteiger partial charge in [0.25, 0.3) is 15.7 Å². The normalized spacial score (nSPS) is 18.4. The molecule has 4 rings (SSSR count). The Labute approximate surface area is 167 Å². The predicted octanol–water partition coefficient (Wildman–Crippen LogP) is 3.02. The van der Waals surface area contributed by atoms with Crippen LogP contribution in [0.25, 0.3) is 0 Å². The molecule has 30 heavy (non-hydrogen) atoms. The first-order valence-electron chi connectivity index (χ1n) is 8.65. The van der Waals surface area contributed by atoms with Gasteiger partial charge in [0.1, 0.15) is 11.4 Å². The zero-order valence-electron chi connectivity index (χ0n) is 15.1. The number of halogens is 4. The highest BCUT2D eigenvalue weighted by atomic mass is 32.2. The number of benzene rings is 1. The fourth-order valence-corrected chi connectivity index (χ4v) is 4.14. The second-order valence-electron chi connectivity index (χ2n) is 6.95. The number of imide groups is 1. The molecule has 158 valence electrons. The summed E-state index contributed by atoms with van der Waals surface area (Å²) in [7, 11) is -5.56. The minimum absolute atomic E-state index is 0.0740. The van der Waals surface area contributed by atoms with Gasteiger partial charge in [-0.1, -0.05) is 0 Å². The van der Waals surface area contributed by atoms with E-state index in [1.807, 2.05) is 0 Å². The molecule has 1 spiro atoms. The predicted molar refractivity (Wildman–Crippen MR) is 94.3 cm³/mol. The highest BCUT2D eigenvalue weighted by molar-refractivity contribution is 7.92. The number of urea groups is 1. The smallest absolute Gasteiger partial charge is 0.305 e. The summed E-state index contributed by atoms with van der Waals surface area (Å²) in [5, 5.41) is 0. The molecule has 1 aliphatic heterocycles. The summed E-state index contributed by atoms with van der Waals surface area (Å²) in [4.78, 5) is 30.4. The maximum Gasteiger partial charge on any atom is 0.501 e. The summed E-state index contributed by atoms with van der Waals surface area (Å²) in [6, 6.07) is 3.90. The zero-order chi connectivity index (χ0) is 21.9. The van der Waals surface area contributed by atoms with Crippen molar-refractivity contribution in [2.45, 2.75) is 35.3 Å². The summed E-state index contributed by atoms with van der Waals surface area (Å²) in [5.41, 5.74) is -6.53. The Morgan fingerprint density at radius 1 is 1.07 bits per heavy atom. The van der Waals surface area contributed by atoms with Crippen LogP contribution in [0.1, 0.15) is 18.4 Å². The highest BCUT2D eigenvalue weighted by Crippen LogP contribution is 2.49. The number of hydrogen-bond donors (Lipinski definition) is 0. The highest BCUT2D eigenvalue weighted by Gasteiger charge is 2.65. The Morgan fingerprint density at radius 2 is 1.70 bits per heavy atom. The number of aromatic nitrogens is 1. The van der Waals surface area contributed by atoms with Gasteiger partial charge in [0, 0.05) is 11.8 Å². The van der Waals surface area contributed by atoms with Crippen LogP contribution >= 0.6 is 0 Å². The van der Waals surface area contributed by atoms with Crippen molar-refractivity contribution in [3.8, 4) is 0 Å². The number of rotatable bonds is 4. The molecule has 7 nitrogen and oxygen atoms in total. The molecule has 1 aromatic carbocycles. The fourth-order valence-electron chi connectivity index (χ4n) is 3.37. The molecule has 2 heterocycles. The number of sulfone groups is 1. The molecule has 1 aliphatic carbocycles. The second-order valence-corrected chi connectivity index (χ2v) is 8.89. The molecule has 0 atom stereocenters. The van der Waals surface area contributed by atoms with Gasteiger partial charge < -0.3 is 4.90 Å². The third-order valence-electron chi connectivity index (χ3n) is 5.16. The second kappa shape index (κ2) is 6.49. The monoisotopic (exact) mass is 443 g/mol. The Balaban J connectivity index is 1.65. The number of nitrogens with zero attached hydrogens (tertiary/aromatic N) is 3. The molecule has 2 aliphatic rings. The third kappa shape index (κ3) is 2.93. The molecular formula is C18H13F4N3O4S. The van der Waals surface area contributed by atoms with Crippen LogP contribution in [-0.2, 0) is 21.2 Å². The number of anilines is 1. The zero-order valence-corrected chi connectivity index (χ0v) is 15.9. The molecule has 1 saturated heterocycles. The van der Waals surface area contributed by atoms with Gasteiger partial charge in [0.15, 0.2) is 0 Å². The third-order valence-corrected chi connectivity index (χ3v) is 6.66. The van der Waals surface area contributed by atoms with Crippen LogP contribution in [0.5, 0.6) is 0 Å². The van der Waals surface area contributed by atoms with Gasteiger partial charge in [-0.05, 0) is 43.2 Å². The summed E-state index contributed by atoms with van der Waals surface area (Å²) in [6.07, 6.45) is 3.05. The molecular weight excluding hydrogens is 430 g/mol. The molecule has 3 amide bonds. The Morgan fingerprint density at radius 3 is 2.23 bits per heavy atom. The minimum atomic E-state index is -5.56. The maximum absolute atomic E-state index is 14.0. The van der Waals surface area contributed by atoms with Crippen LogP contribution in [0.3, 0.4) is 0 Å². The van der Waals surface area contributed by atoms with Crippen molar-refractivity contribution in [2.75, 3.05) is 4.90 Å². The van der Waals surface area contributed by atoms with E-state index in [0.29, 0.717) is 25.0 Å². The largest absolute Gasteiger partial charge is 0.501 e. The lowest BCUT2D eigenvalue weighted by atomic mass is 10.2. The van der Waals surface area contributed by atoms with E-state index < -0.39 is 43.5 Å². The Bertz CT molecular complexity index is 1140. The first-order chi connectivity index (χ1) is 14.0. The van der Waals surface area contributed by atoms with Crippen molar-refractivity contribution in [3.05, 3.63) is 54.1 Å². The lowest BCUT2D eigenvalue weighted by molar-refractivity contribution is -0.120. The van der Waals surface area contributed by atoms with E-state index in [2.05, 4.69) is 4.98 Å². The Hall–Kier alpha value is -3.02. The van der Waals surface area contributed by atoms with Gasteiger partial charge in [-0.25, -0.2) is 22.5 Å². The van der Waals surface area contributed by atoms with Crippen molar-refractivity contribution in [2.24, 2.45) is 0 Å². The quantitative estimate of drug-likeness (QED) is 0.536. The maximum atomic E-state index is 14.0. The van der Waals surface area contributed by atoms with E-state index in [0.717, 1.165) is 23.2 Å². The van der Waals surface area contributed by atoms with E-state index in [-0.39, 0.29) is 17.8 Å². The van der Waals surface area contributed by atoms with Gasteiger partial charge in [0.05, 0.1) is 23.3 Å². The van der Waals surface area contributed by atoms with E-state index in [9.17, 15) is 35.6 Å². The van der Waals surface area contributed by atoms with Gasteiger partial charge in [-0.3, -0.25) is 9.78 Å². The van der Waals surface area contributed by atoms with Crippen LogP contribution in [0, 0.1) is 5.82 Å². The van der Waals surface area contributed by atoms with E-state index in [4.69, 9.17) is 0 Å². The summed E-state index contributed by atoms with van der Waals surface area (Å²) in [5.74, 6) is -1.23. The van der Waals surface area contributed by atoms with Gasteiger partial charge >= 0.3 is 11.5 Å². The molecule has 2 fully saturated rings. The molecule has 0 bridgehead atoms. The van der Waals surface area contributed by atoms with Crippen molar-refractivity contribution in [1.82, 2.24) is 9.88 Å². The summed E-state index contributed by atoms with van der Waals surface area (Å²) >= 11 is 0. The van der Waals surface area contributed by atoms with E-state index in [1.165, 1.54) is 17.2 Å². The van der Waals surface area contributed by atoms with Crippen LogP contribution in [-0.4, -0.2) is 41.3 Å². The number of carbonyl (C=O) groups excluding carboxylic acids is 2. The number of hydrogen-bond acceptors (Lipinski definition) is 5. The molecule has 0 unspecified atom stereocenters. The van der Waals surface area contributed by atoms with Crippen LogP contribution in [0.4, 0.5) is 28.0 Å². The van der Waals surface area contributed by atoms with Crippen LogP contribution < -0.4 is 4.90 Å². The molecule has 2 aromatic rings. The standard InChI is InChI=1S/C18H13F4N3O4S/c19-14-9-23-8-5-11(14)10-24-16(27)25(15(26)17(24)6-7-17)12-1-3-13(4-2-12)30(28,29)18(20,21)22/h1-5,8-9H,6-7,10H2. The lowest BCUT2D eigenvalue weighted by Crippen LogP contribution is -2.36. The van der Waals surface area contributed by atoms with Crippen molar-refractivity contribution < 1.29 is 35.6 Å². The lowest BCUT2D eigenvalue weighted by Gasteiger charge is -2.21. The fraction of sp³-hybridized carbons (Fsp3) is 0.278.